The molecule has 0 radical (unpaired) electrons. The van der Waals surface area contributed by atoms with Gasteiger partial charge in [-0.2, -0.15) is 0 Å². The summed E-state index contributed by atoms with van der Waals surface area (Å²) in [7, 11) is 4.79. The number of aryl methyl sites for hydroxylation is 1. The number of nitrogens with zero attached hydrogens (tertiary/aromatic N) is 2. The van der Waals surface area contributed by atoms with E-state index in [0.29, 0.717) is 22.6 Å². The Hall–Kier alpha value is -3.22. The highest BCUT2D eigenvalue weighted by Gasteiger charge is 2.12. The van der Waals surface area contributed by atoms with Crippen molar-refractivity contribution in [1.29, 1.82) is 0 Å². The van der Waals surface area contributed by atoms with E-state index in [9.17, 15) is 9.59 Å². The summed E-state index contributed by atoms with van der Waals surface area (Å²) in [6.07, 6.45) is 3.42. The highest BCUT2D eigenvalue weighted by Crippen LogP contribution is 2.29. The Kier molecular flexibility index (Phi) is 4.47. The molecule has 1 N–H and O–H groups in total. The van der Waals surface area contributed by atoms with Crippen molar-refractivity contribution in [3.63, 3.8) is 0 Å². The van der Waals surface area contributed by atoms with Crippen LogP contribution < -0.4 is 20.3 Å². The molecule has 0 saturated carbocycles. The predicted octanol–water partition coefficient (Wildman–Crippen LogP) is 2.00. The minimum Gasteiger partial charge on any atom is -0.497 e. The van der Waals surface area contributed by atoms with Crippen LogP contribution in [0.1, 0.15) is 0 Å². The van der Waals surface area contributed by atoms with E-state index in [2.05, 4.69) is 5.32 Å². The molecule has 0 atom stereocenters. The number of nitrogens with one attached hydrogen (secondary N) is 1. The number of hydrogen-bond acceptors (Lipinski definition) is 4. The highest BCUT2D eigenvalue weighted by molar-refractivity contribution is 5.93. The minimum atomic E-state index is -0.221. The first-order valence-electron chi connectivity index (χ1n) is 7.70. The molecule has 3 aromatic rings. The first kappa shape index (κ1) is 16.6. The summed E-state index contributed by atoms with van der Waals surface area (Å²) in [5.74, 6) is 0.933. The Labute approximate surface area is 144 Å². The maximum Gasteiger partial charge on any atom is 0.259 e. The van der Waals surface area contributed by atoms with E-state index in [1.165, 1.54) is 11.7 Å². The number of carbonyl (C=O) groups excluding carboxylic acids is 1. The second kappa shape index (κ2) is 6.72. The van der Waals surface area contributed by atoms with Gasteiger partial charge in [0.05, 0.1) is 30.8 Å². The maximum atomic E-state index is 12.4. The second-order valence-corrected chi connectivity index (χ2v) is 5.59. The van der Waals surface area contributed by atoms with E-state index < -0.39 is 0 Å². The number of pyridine rings is 1. The normalized spacial score (nSPS) is 10.7. The molecule has 0 aliphatic heterocycles. The quantitative estimate of drug-likeness (QED) is 0.770. The number of aromatic nitrogens is 2. The fourth-order valence-corrected chi connectivity index (χ4v) is 2.68. The van der Waals surface area contributed by atoms with E-state index in [4.69, 9.17) is 9.47 Å². The highest BCUT2D eigenvalue weighted by atomic mass is 16.5. The molecule has 0 aliphatic rings. The molecule has 7 heteroatoms. The van der Waals surface area contributed by atoms with Crippen LogP contribution in [-0.4, -0.2) is 29.3 Å². The van der Waals surface area contributed by atoms with Crippen LogP contribution in [0.2, 0.25) is 0 Å². The van der Waals surface area contributed by atoms with Crippen molar-refractivity contribution in [3.8, 4) is 11.5 Å². The lowest BCUT2D eigenvalue weighted by molar-refractivity contribution is -0.116. The lowest BCUT2D eigenvalue weighted by Gasteiger charge is -2.12. The third kappa shape index (κ3) is 3.21. The molecule has 0 fully saturated rings. The van der Waals surface area contributed by atoms with Gasteiger partial charge in [0.15, 0.2) is 0 Å². The fraction of sp³-hybridized carbons (Fsp3) is 0.222. The molecule has 2 heterocycles. The smallest absolute Gasteiger partial charge is 0.259 e. The first-order valence-corrected chi connectivity index (χ1v) is 7.70. The van der Waals surface area contributed by atoms with Gasteiger partial charge in [-0.3, -0.25) is 9.59 Å². The van der Waals surface area contributed by atoms with E-state index in [-0.39, 0.29) is 18.0 Å². The minimum absolute atomic E-state index is 0.0891. The summed E-state index contributed by atoms with van der Waals surface area (Å²) in [5.41, 5.74) is 1.19. The van der Waals surface area contributed by atoms with Crippen LogP contribution in [0.5, 0.6) is 11.5 Å². The number of fused-ring (bicyclic) bond motifs is 1. The zero-order chi connectivity index (χ0) is 18.0. The van der Waals surface area contributed by atoms with E-state index in [1.54, 1.807) is 55.4 Å². The lowest BCUT2D eigenvalue weighted by atomic mass is 10.2. The van der Waals surface area contributed by atoms with Gasteiger partial charge in [0.2, 0.25) is 5.91 Å². The lowest BCUT2D eigenvalue weighted by Crippen LogP contribution is -2.19. The van der Waals surface area contributed by atoms with Crippen molar-refractivity contribution in [2.75, 3.05) is 19.5 Å². The average molecular weight is 341 g/mol. The number of carbonyl (C=O) groups is 1. The Bertz CT molecular complexity index is 988. The van der Waals surface area contributed by atoms with Gasteiger partial charge in [-0.15, -0.1) is 0 Å². The summed E-state index contributed by atoms with van der Waals surface area (Å²) in [4.78, 5) is 24.5. The Balaban J connectivity index is 1.82. The van der Waals surface area contributed by atoms with Crippen LogP contribution >= 0.6 is 0 Å². The van der Waals surface area contributed by atoms with Crippen LogP contribution in [-0.2, 0) is 18.4 Å². The standard InChI is InChI=1S/C18H19N3O4/c1-20-8-7-15-13(18(20)23)6-9-21(15)11-17(22)19-14-5-4-12(24-2)10-16(14)25-3/h4-10H,11H2,1-3H3,(H,19,22). The van der Waals surface area contributed by atoms with Crippen molar-refractivity contribution in [2.24, 2.45) is 7.05 Å². The molecule has 0 unspecified atom stereocenters. The van der Waals surface area contributed by atoms with Gasteiger partial charge in [0.1, 0.15) is 18.0 Å². The van der Waals surface area contributed by atoms with Crippen LogP contribution in [0.4, 0.5) is 5.69 Å². The van der Waals surface area contributed by atoms with Crippen LogP contribution in [0.3, 0.4) is 0 Å². The molecule has 1 aromatic carbocycles. The summed E-state index contributed by atoms with van der Waals surface area (Å²) in [6, 6.07) is 8.70. The maximum absolute atomic E-state index is 12.4. The van der Waals surface area contributed by atoms with Crippen molar-refractivity contribution in [2.45, 2.75) is 6.54 Å². The number of benzene rings is 1. The number of anilines is 1. The molecule has 0 aliphatic carbocycles. The van der Waals surface area contributed by atoms with Gasteiger partial charge in [0.25, 0.3) is 5.56 Å². The monoisotopic (exact) mass is 341 g/mol. The van der Waals surface area contributed by atoms with Gasteiger partial charge >= 0.3 is 0 Å². The van der Waals surface area contributed by atoms with Crippen molar-refractivity contribution in [3.05, 3.63) is 53.1 Å². The van der Waals surface area contributed by atoms with Crippen LogP contribution in [0.15, 0.2) is 47.5 Å². The van der Waals surface area contributed by atoms with Crippen molar-refractivity contribution >= 4 is 22.5 Å². The largest absolute Gasteiger partial charge is 0.497 e. The zero-order valence-corrected chi connectivity index (χ0v) is 14.3. The van der Waals surface area contributed by atoms with E-state index in [0.717, 1.165) is 5.52 Å². The summed E-state index contributed by atoms with van der Waals surface area (Å²) >= 11 is 0. The second-order valence-electron chi connectivity index (χ2n) is 5.59. The molecule has 0 saturated heterocycles. The van der Waals surface area contributed by atoms with Crippen LogP contribution in [0.25, 0.3) is 10.9 Å². The Morgan fingerprint density at radius 1 is 1.12 bits per heavy atom. The first-order chi connectivity index (χ1) is 12.0. The molecule has 0 spiro atoms. The van der Waals surface area contributed by atoms with Crippen molar-refractivity contribution < 1.29 is 14.3 Å². The molecule has 130 valence electrons. The molecule has 2 aromatic heterocycles. The summed E-state index contributed by atoms with van der Waals surface area (Å²) in [6.45, 7) is 0.0891. The zero-order valence-electron chi connectivity index (χ0n) is 14.3. The van der Waals surface area contributed by atoms with E-state index >= 15 is 0 Å². The molecule has 7 nitrogen and oxygen atoms in total. The SMILES string of the molecule is COc1ccc(NC(=O)Cn2ccc3c(=O)n(C)ccc32)c(OC)c1. The Morgan fingerprint density at radius 3 is 2.64 bits per heavy atom. The predicted molar refractivity (Wildman–Crippen MR) is 95.4 cm³/mol. The van der Waals surface area contributed by atoms with Gasteiger partial charge in [-0.25, -0.2) is 0 Å². The van der Waals surface area contributed by atoms with E-state index in [1.807, 2.05) is 6.07 Å². The topological polar surface area (TPSA) is 74.5 Å². The van der Waals surface area contributed by atoms with Crippen molar-refractivity contribution in [1.82, 2.24) is 9.13 Å². The van der Waals surface area contributed by atoms with Gasteiger partial charge in [-0.05, 0) is 24.3 Å². The third-order valence-corrected chi connectivity index (χ3v) is 4.01. The van der Waals surface area contributed by atoms with Gasteiger partial charge in [-0.1, -0.05) is 0 Å². The number of ether oxygens (including phenoxy) is 2. The van der Waals surface area contributed by atoms with Gasteiger partial charge < -0.3 is 23.9 Å². The molecule has 0 bridgehead atoms. The third-order valence-electron chi connectivity index (χ3n) is 4.01. The summed E-state index contributed by atoms with van der Waals surface area (Å²) < 4.78 is 13.7. The molecular weight excluding hydrogens is 322 g/mol. The fourth-order valence-electron chi connectivity index (χ4n) is 2.68. The summed E-state index contributed by atoms with van der Waals surface area (Å²) in [5, 5.41) is 3.40. The number of methoxy groups -OCH3 is 2. The number of amides is 1. The number of rotatable bonds is 5. The van der Waals surface area contributed by atoms with Crippen LogP contribution in [0, 0.1) is 0 Å². The molecule has 3 rings (SSSR count). The molecule has 1 amide bonds. The average Bonchev–Trinajstić information content (AvgIpc) is 3.01. The molecule has 25 heavy (non-hydrogen) atoms. The number of hydrogen-bond donors (Lipinski definition) is 1. The van der Waals surface area contributed by atoms with Gasteiger partial charge in [0, 0.05) is 25.5 Å². The molecular formula is C18H19N3O4. The Morgan fingerprint density at radius 2 is 1.92 bits per heavy atom.